The molecule has 1 fully saturated rings. The van der Waals surface area contributed by atoms with Gasteiger partial charge in [0, 0.05) is 23.5 Å². The monoisotopic (exact) mass is 359 g/mol. The Morgan fingerprint density at radius 2 is 2.00 bits per heavy atom. The van der Waals surface area contributed by atoms with Crippen molar-refractivity contribution in [2.45, 2.75) is 26.2 Å². The number of carbonyl (C=O) groups excluding carboxylic acids is 1. The smallest absolute Gasteiger partial charge is 0.264 e. The summed E-state index contributed by atoms with van der Waals surface area (Å²) in [4.78, 5) is 16.5. The lowest BCUT2D eigenvalue weighted by Crippen LogP contribution is -2.35. The molecule has 1 aliphatic rings. The highest BCUT2D eigenvalue weighted by Gasteiger charge is 2.22. The minimum absolute atomic E-state index is 0.146. The molecular weight excluding hydrogens is 342 g/mol. The molecule has 124 valence electrons. The lowest BCUT2D eigenvalue weighted by Gasteiger charge is -2.26. The third-order valence-corrected chi connectivity index (χ3v) is 5.79. The van der Waals surface area contributed by atoms with E-state index in [2.05, 4.69) is 5.10 Å². The van der Waals surface area contributed by atoms with Gasteiger partial charge >= 0.3 is 0 Å². The van der Waals surface area contributed by atoms with E-state index in [9.17, 15) is 4.79 Å². The second-order valence-corrected chi connectivity index (χ2v) is 7.63. The average Bonchev–Trinajstić information content (AvgIpc) is 3.16. The van der Waals surface area contributed by atoms with Gasteiger partial charge < -0.3 is 4.90 Å². The average molecular weight is 360 g/mol. The van der Waals surface area contributed by atoms with Gasteiger partial charge in [0.2, 0.25) is 0 Å². The Morgan fingerprint density at radius 3 is 2.75 bits per heavy atom. The highest BCUT2D eigenvalue weighted by Crippen LogP contribution is 2.32. The lowest BCUT2D eigenvalue weighted by molar-refractivity contribution is 0.0729. The topological polar surface area (TPSA) is 38.1 Å². The van der Waals surface area contributed by atoms with Crippen LogP contribution < -0.4 is 0 Å². The van der Waals surface area contributed by atoms with Crippen LogP contribution >= 0.6 is 22.9 Å². The van der Waals surface area contributed by atoms with Crippen LogP contribution in [0, 0.1) is 6.92 Å². The number of aromatic nitrogens is 2. The molecule has 1 amide bonds. The standard InChI is InChI=1S/C18H18ClN3OS/c1-12-15-11-16(17(23)21-8-3-2-4-9-21)24-18(15)22(20-12)14-7-5-6-13(19)10-14/h5-7,10-11H,2-4,8-9H2,1H3. The molecule has 3 heterocycles. The molecule has 4 nitrogen and oxygen atoms in total. The number of hydrogen-bond acceptors (Lipinski definition) is 3. The normalized spacial score (nSPS) is 15.2. The fraction of sp³-hybridized carbons (Fsp3) is 0.333. The fourth-order valence-corrected chi connectivity index (χ4v) is 4.52. The number of thiophene rings is 1. The second-order valence-electron chi connectivity index (χ2n) is 6.16. The van der Waals surface area contributed by atoms with Gasteiger partial charge in [-0.05, 0) is 50.5 Å². The number of fused-ring (bicyclic) bond motifs is 1. The van der Waals surface area contributed by atoms with Gasteiger partial charge in [-0.1, -0.05) is 17.7 Å². The van der Waals surface area contributed by atoms with E-state index in [-0.39, 0.29) is 5.91 Å². The maximum absolute atomic E-state index is 12.8. The van der Waals surface area contributed by atoms with Crippen molar-refractivity contribution < 1.29 is 4.79 Å². The highest BCUT2D eigenvalue weighted by atomic mass is 35.5. The largest absolute Gasteiger partial charge is 0.338 e. The Bertz CT molecular complexity index is 908. The Labute approximate surface area is 149 Å². The van der Waals surface area contributed by atoms with Gasteiger partial charge in [0.25, 0.3) is 5.91 Å². The molecule has 0 spiro atoms. The third kappa shape index (κ3) is 2.72. The first-order chi connectivity index (χ1) is 11.6. The predicted molar refractivity (Wildman–Crippen MR) is 98.4 cm³/mol. The first kappa shape index (κ1) is 15.7. The van der Waals surface area contributed by atoms with Gasteiger partial charge in [-0.15, -0.1) is 11.3 Å². The number of rotatable bonds is 2. The van der Waals surface area contributed by atoms with Crippen LogP contribution in [0.5, 0.6) is 0 Å². The number of likely N-dealkylation sites (tertiary alicyclic amines) is 1. The van der Waals surface area contributed by atoms with Crippen molar-refractivity contribution in [3.05, 3.63) is 45.9 Å². The molecule has 0 unspecified atom stereocenters. The number of piperidine rings is 1. The minimum Gasteiger partial charge on any atom is -0.338 e. The molecule has 0 bridgehead atoms. The second kappa shape index (κ2) is 6.22. The first-order valence-electron chi connectivity index (χ1n) is 8.18. The van der Waals surface area contributed by atoms with Crippen LogP contribution in [0.1, 0.15) is 34.6 Å². The summed E-state index contributed by atoms with van der Waals surface area (Å²) in [6, 6.07) is 9.61. The van der Waals surface area contributed by atoms with Crippen LogP contribution in [0.3, 0.4) is 0 Å². The molecule has 1 aliphatic heterocycles. The fourth-order valence-electron chi connectivity index (χ4n) is 3.19. The molecule has 0 N–H and O–H groups in total. The zero-order valence-electron chi connectivity index (χ0n) is 13.5. The van der Waals surface area contributed by atoms with Gasteiger partial charge in [0.1, 0.15) is 4.83 Å². The number of hydrogen-bond donors (Lipinski definition) is 0. The van der Waals surface area contributed by atoms with Crippen molar-refractivity contribution in [3.8, 4) is 5.69 Å². The molecule has 3 aromatic rings. The van der Waals surface area contributed by atoms with Crippen molar-refractivity contribution in [3.63, 3.8) is 0 Å². The molecule has 0 atom stereocenters. The number of nitrogens with zero attached hydrogens (tertiary/aromatic N) is 3. The molecular formula is C18H18ClN3OS. The van der Waals surface area contributed by atoms with Crippen molar-refractivity contribution >= 4 is 39.1 Å². The minimum atomic E-state index is 0.146. The summed E-state index contributed by atoms with van der Waals surface area (Å²) in [6.07, 6.45) is 3.43. The zero-order valence-corrected chi connectivity index (χ0v) is 15.0. The summed E-state index contributed by atoms with van der Waals surface area (Å²) in [7, 11) is 0. The molecule has 1 saturated heterocycles. The zero-order chi connectivity index (χ0) is 16.7. The molecule has 24 heavy (non-hydrogen) atoms. The summed E-state index contributed by atoms with van der Waals surface area (Å²) in [5.41, 5.74) is 1.85. The van der Waals surface area contributed by atoms with E-state index in [4.69, 9.17) is 11.6 Å². The molecule has 2 aromatic heterocycles. The molecule has 0 aliphatic carbocycles. The summed E-state index contributed by atoms with van der Waals surface area (Å²) in [5.74, 6) is 0.146. The highest BCUT2D eigenvalue weighted by molar-refractivity contribution is 7.20. The Morgan fingerprint density at radius 1 is 1.21 bits per heavy atom. The van der Waals surface area contributed by atoms with E-state index in [0.717, 1.165) is 52.4 Å². The third-order valence-electron chi connectivity index (χ3n) is 4.45. The molecule has 0 saturated carbocycles. The van der Waals surface area contributed by atoms with Gasteiger partial charge in [-0.2, -0.15) is 5.10 Å². The van der Waals surface area contributed by atoms with Crippen LogP contribution in [0.25, 0.3) is 15.9 Å². The van der Waals surface area contributed by atoms with Gasteiger partial charge in [-0.25, -0.2) is 4.68 Å². The van der Waals surface area contributed by atoms with Crippen LogP contribution in [0.2, 0.25) is 5.02 Å². The SMILES string of the molecule is Cc1nn(-c2cccc(Cl)c2)c2sc(C(=O)N3CCCCC3)cc12. The van der Waals surface area contributed by atoms with Gasteiger partial charge in [0.15, 0.2) is 0 Å². The Hall–Kier alpha value is -1.85. The van der Waals surface area contributed by atoms with Crippen LogP contribution in [-0.2, 0) is 0 Å². The molecule has 6 heteroatoms. The summed E-state index contributed by atoms with van der Waals surface area (Å²) in [6.45, 7) is 3.71. The van der Waals surface area contributed by atoms with E-state index in [1.165, 1.54) is 17.8 Å². The van der Waals surface area contributed by atoms with E-state index < -0.39 is 0 Å². The number of benzene rings is 1. The van der Waals surface area contributed by atoms with E-state index in [1.807, 2.05) is 46.8 Å². The van der Waals surface area contributed by atoms with E-state index in [0.29, 0.717) is 5.02 Å². The maximum Gasteiger partial charge on any atom is 0.264 e. The maximum atomic E-state index is 12.8. The summed E-state index contributed by atoms with van der Waals surface area (Å²) in [5, 5.41) is 6.34. The number of halogens is 1. The summed E-state index contributed by atoms with van der Waals surface area (Å²) < 4.78 is 1.88. The van der Waals surface area contributed by atoms with Crippen LogP contribution in [-0.4, -0.2) is 33.7 Å². The quantitative estimate of drug-likeness (QED) is 0.666. The summed E-state index contributed by atoms with van der Waals surface area (Å²) >= 11 is 7.62. The predicted octanol–water partition coefficient (Wildman–Crippen LogP) is 4.67. The number of amides is 1. The number of aryl methyl sites for hydroxylation is 1. The van der Waals surface area contributed by atoms with Gasteiger partial charge in [0.05, 0.1) is 16.3 Å². The van der Waals surface area contributed by atoms with Gasteiger partial charge in [-0.3, -0.25) is 4.79 Å². The number of carbonyl (C=O) groups is 1. The van der Waals surface area contributed by atoms with Crippen molar-refractivity contribution in [2.75, 3.05) is 13.1 Å². The lowest BCUT2D eigenvalue weighted by atomic mass is 10.1. The molecule has 1 aromatic carbocycles. The van der Waals surface area contributed by atoms with Crippen LogP contribution in [0.4, 0.5) is 0 Å². The molecule has 4 rings (SSSR count). The van der Waals surface area contributed by atoms with Crippen LogP contribution in [0.15, 0.2) is 30.3 Å². The van der Waals surface area contributed by atoms with Crippen molar-refractivity contribution in [1.82, 2.24) is 14.7 Å². The van der Waals surface area contributed by atoms with Crippen molar-refractivity contribution in [2.24, 2.45) is 0 Å². The molecule has 0 radical (unpaired) electrons. The Balaban J connectivity index is 1.75. The van der Waals surface area contributed by atoms with E-state index >= 15 is 0 Å². The first-order valence-corrected chi connectivity index (χ1v) is 9.37. The van der Waals surface area contributed by atoms with Crippen molar-refractivity contribution in [1.29, 1.82) is 0 Å². The van der Waals surface area contributed by atoms with E-state index in [1.54, 1.807) is 0 Å². The Kier molecular flexibility index (Phi) is 4.06.